The van der Waals surface area contributed by atoms with Crippen LogP contribution in [0.4, 0.5) is 5.69 Å². The molecule has 0 saturated heterocycles. The molecule has 0 bridgehead atoms. The smallest absolute Gasteiger partial charge is 0.255 e. The summed E-state index contributed by atoms with van der Waals surface area (Å²) in [5.74, 6) is 1.18. The molecule has 0 radical (unpaired) electrons. The van der Waals surface area contributed by atoms with Crippen LogP contribution in [0.3, 0.4) is 0 Å². The maximum absolute atomic E-state index is 12.5. The molecule has 0 spiro atoms. The van der Waals surface area contributed by atoms with Gasteiger partial charge in [-0.05, 0) is 35.9 Å². The Morgan fingerprint density at radius 3 is 2.54 bits per heavy atom. The number of hydrogen-bond acceptors (Lipinski definition) is 3. The third-order valence-corrected chi connectivity index (χ3v) is 4.23. The van der Waals surface area contributed by atoms with Crippen LogP contribution in [0.15, 0.2) is 90.2 Å². The van der Waals surface area contributed by atoms with Gasteiger partial charge in [-0.2, -0.15) is 0 Å². The molecule has 28 heavy (non-hydrogen) atoms. The van der Waals surface area contributed by atoms with E-state index in [0.717, 1.165) is 11.3 Å². The molecule has 136 valence electrons. The summed E-state index contributed by atoms with van der Waals surface area (Å²) in [4.78, 5) is 20.0. The summed E-state index contributed by atoms with van der Waals surface area (Å²) in [5, 5.41) is 0. The first kappa shape index (κ1) is 17.3. The summed E-state index contributed by atoms with van der Waals surface area (Å²) >= 11 is 0. The molecule has 6 heteroatoms. The Bertz CT molecular complexity index is 1190. The molecule has 2 aromatic heterocycles. The summed E-state index contributed by atoms with van der Waals surface area (Å²) in [5.41, 5.74) is 2.14. The standard InChI is InChI=1S/C22H16N4O2/c1-23-18-7-9-20(10-8-18)28-22-14-24-16-25(22)15-17-11-12-26(21(27)13-17)19-5-3-2-4-6-19/h2-14,16H,15H2. The van der Waals surface area contributed by atoms with Gasteiger partial charge in [0.15, 0.2) is 5.69 Å². The summed E-state index contributed by atoms with van der Waals surface area (Å²) in [6.45, 7) is 7.46. The first-order valence-electron chi connectivity index (χ1n) is 8.65. The highest BCUT2D eigenvalue weighted by Crippen LogP contribution is 2.24. The average Bonchev–Trinajstić information content (AvgIpc) is 3.16. The van der Waals surface area contributed by atoms with Crippen LogP contribution >= 0.6 is 0 Å². The number of benzene rings is 2. The van der Waals surface area contributed by atoms with E-state index in [0.29, 0.717) is 23.9 Å². The van der Waals surface area contributed by atoms with E-state index < -0.39 is 0 Å². The second-order valence-electron chi connectivity index (χ2n) is 6.15. The highest BCUT2D eigenvalue weighted by Gasteiger charge is 2.07. The van der Waals surface area contributed by atoms with E-state index in [4.69, 9.17) is 11.3 Å². The fourth-order valence-electron chi connectivity index (χ4n) is 2.84. The number of rotatable bonds is 5. The van der Waals surface area contributed by atoms with E-state index in [1.54, 1.807) is 53.6 Å². The van der Waals surface area contributed by atoms with Crippen molar-refractivity contribution < 1.29 is 4.74 Å². The number of hydrogen-bond donors (Lipinski definition) is 0. The molecule has 2 heterocycles. The first-order chi connectivity index (χ1) is 13.7. The van der Waals surface area contributed by atoms with Gasteiger partial charge in [0.25, 0.3) is 5.56 Å². The molecule has 6 nitrogen and oxygen atoms in total. The van der Waals surface area contributed by atoms with Crippen LogP contribution in [0.5, 0.6) is 11.6 Å². The summed E-state index contributed by atoms with van der Waals surface area (Å²) in [6, 6.07) is 19.9. The molecule has 0 saturated carbocycles. The molecule has 0 atom stereocenters. The minimum absolute atomic E-state index is 0.0963. The largest absolute Gasteiger partial charge is 0.439 e. The number of para-hydroxylation sites is 1. The molecule has 0 unspecified atom stereocenters. The lowest BCUT2D eigenvalue weighted by Gasteiger charge is -2.11. The summed E-state index contributed by atoms with van der Waals surface area (Å²) in [7, 11) is 0. The lowest BCUT2D eigenvalue weighted by Crippen LogP contribution is -2.17. The summed E-state index contributed by atoms with van der Waals surface area (Å²) in [6.07, 6.45) is 5.05. The van der Waals surface area contributed by atoms with Crippen molar-refractivity contribution in [1.29, 1.82) is 0 Å². The Labute approximate surface area is 161 Å². The monoisotopic (exact) mass is 368 g/mol. The molecule has 2 aromatic carbocycles. The highest BCUT2D eigenvalue weighted by molar-refractivity contribution is 5.47. The van der Waals surface area contributed by atoms with E-state index in [-0.39, 0.29) is 5.56 Å². The minimum Gasteiger partial charge on any atom is -0.439 e. The first-order valence-corrected chi connectivity index (χ1v) is 8.65. The second-order valence-corrected chi connectivity index (χ2v) is 6.15. The lowest BCUT2D eigenvalue weighted by molar-refractivity contribution is 0.436. The van der Waals surface area contributed by atoms with E-state index in [9.17, 15) is 4.79 Å². The van der Waals surface area contributed by atoms with Crippen LogP contribution in [0.1, 0.15) is 5.56 Å². The SMILES string of the molecule is [C-]#[N+]c1ccc(Oc2cncn2Cc2ccn(-c3ccccc3)c(=O)c2)cc1. The van der Waals surface area contributed by atoms with Crippen molar-refractivity contribution in [2.75, 3.05) is 0 Å². The van der Waals surface area contributed by atoms with Crippen LogP contribution in [-0.4, -0.2) is 14.1 Å². The van der Waals surface area contributed by atoms with Gasteiger partial charge in [-0.3, -0.25) is 13.9 Å². The number of nitrogens with zero attached hydrogens (tertiary/aromatic N) is 4. The highest BCUT2D eigenvalue weighted by atomic mass is 16.5. The molecule has 0 amide bonds. The van der Waals surface area contributed by atoms with Crippen molar-refractivity contribution in [3.05, 3.63) is 113 Å². The minimum atomic E-state index is -0.0963. The predicted octanol–water partition coefficient (Wildman–Crippen LogP) is 4.43. The molecule has 4 rings (SSSR count). The average molecular weight is 368 g/mol. The van der Waals surface area contributed by atoms with E-state index in [2.05, 4.69) is 9.83 Å². The Kier molecular flexibility index (Phi) is 4.72. The molecular weight excluding hydrogens is 352 g/mol. The van der Waals surface area contributed by atoms with Gasteiger partial charge in [0, 0.05) is 18.0 Å². The molecule has 0 fully saturated rings. The lowest BCUT2D eigenvalue weighted by atomic mass is 10.2. The number of imidazole rings is 1. The van der Waals surface area contributed by atoms with Crippen molar-refractivity contribution in [2.24, 2.45) is 0 Å². The normalized spacial score (nSPS) is 10.4. The van der Waals surface area contributed by atoms with Crippen LogP contribution < -0.4 is 10.3 Å². The van der Waals surface area contributed by atoms with E-state index in [1.807, 2.05) is 41.0 Å². The zero-order valence-corrected chi connectivity index (χ0v) is 14.9. The third-order valence-electron chi connectivity index (χ3n) is 4.23. The molecular formula is C22H16N4O2. The van der Waals surface area contributed by atoms with Crippen LogP contribution in [0.25, 0.3) is 10.5 Å². The molecule has 0 aliphatic heterocycles. The van der Waals surface area contributed by atoms with Gasteiger partial charge >= 0.3 is 0 Å². The zero-order chi connectivity index (χ0) is 19.3. The predicted molar refractivity (Wildman–Crippen MR) is 106 cm³/mol. The van der Waals surface area contributed by atoms with Crippen molar-refractivity contribution in [2.45, 2.75) is 6.54 Å². The number of aromatic nitrogens is 3. The van der Waals surface area contributed by atoms with Gasteiger partial charge in [-0.1, -0.05) is 30.3 Å². The van der Waals surface area contributed by atoms with Gasteiger partial charge in [-0.15, -0.1) is 0 Å². The summed E-state index contributed by atoms with van der Waals surface area (Å²) < 4.78 is 9.29. The van der Waals surface area contributed by atoms with Crippen LogP contribution in [-0.2, 0) is 6.54 Å². The third kappa shape index (κ3) is 3.69. The second kappa shape index (κ2) is 7.64. The van der Waals surface area contributed by atoms with Gasteiger partial charge < -0.3 is 4.74 Å². The maximum atomic E-state index is 12.5. The molecule has 4 aromatic rings. The zero-order valence-electron chi connectivity index (χ0n) is 14.9. The molecule has 0 aliphatic rings. The number of pyridine rings is 1. The van der Waals surface area contributed by atoms with Crippen LogP contribution in [0.2, 0.25) is 0 Å². The van der Waals surface area contributed by atoms with Gasteiger partial charge in [0.1, 0.15) is 5.75 Å². The Balaban J connectivity index is 1.54. The van der Waals surface area contributed by atoms with Crippen molar-refractivity contribution in [1.82, 2.24) is 14.1 Å². The van der Waals surface area contributed by atoms with Gasteiger partial charge in [0.2, 0.25) is 5.88 Å². The fourth-order valence-corrected chi connectivity index (χ4v) is 2.84. The fraction of sp³-hybridized carbons (Fsp3) is 0.0455. The molecule has 0 N–H and O–H groups in total. The van der Waals surface area contributed by atoms with Gasteiger partial charge in [-0.25, -0.2) is 9.83 Å². The molecule has 0 aliphatic carbocycles. The van der Waals surface area contributed by atoms with Crippen molar-refractivity contribution >= 4 is 5.69 Å². The van der Waals surface area contributed by atoms with E-state index >= 15 is 0 Å². The Morgan fingerprint density at radius 1 is 1.04 bits per heavy atom. The van der Waals surface area contributed by atoms with Crippen LogP contribution in [0, 0.1) is 6.57 Å². The van der Waals surface area contributed by atoms with E-state index in [1.165, 1.54) is 0 Å². The van der Waals surface area contributed by atoms with Crippen molar-refractivity contribution in [3.8, 4) is 17.3 Å². The maximum Gasteiger partial charge on any atom is 0.255 e. The quantitative estimate of drug-likeness (QED) is 0.490. The number of ether oxygens (including phenoxy) is 1. The Hall–Kier alpha value is -4.11. The van der Waals surface area contributed by atoms with Gasteiger partial charge in [0.05, 0.1) is 25.6 Å². The Morgan fingerprint density at radius 2 is 1.82 bits per heavy atom. The van der Waals surface area contributed by atoms with Crippen molar-refractivity contribution in [3.63, 3.8) is 0 Å². The topological polar surface area (TPSA) is 53.4 Å².